The quantitative estimate of drug-likeness (QED) is 0.224. The third-order valence-corrected chi connectivity index (χ3v) is 12.7. The molecule has 3 heteroatoms. The van der Waals surface area contributed by atoms with Crippen LogP contribution < -0.4 is 0 Å². The van der Waals surface area contributed by atoms with E-state index in [1.807, 2.05) is 0 Å². The molecule has 5 aromatic carbocycles. The van der Waals surface area contributed by atoms with Gasteiger partial charge in [-0.25, -0.2) is 0 Å². The lowest BCUT2D eigenvalue weighted by Crippen LogP contribution is -1.93. The van der Waals surface area contributed by atoms with Gasteiger partial charge >= 0.3 is 0 Å². The minimum absolute atomic E-state index is 0.639. The average molecular weight is 508 g/mol. The van der Waals surface area contributed by atoms with Crippen molar-refractivity contribution >= 4 is 57.1 Å². The molecule has 0 saturated carbocycles. The Morgan fingerprint density at radius 2 is 0.811 bits per heavy atom. The molecule has 0 bridgehead atoms. The Balaban J connectivity index is 1.45. The van der Waals surface area contributed by atoms with Gasteiger partial charge in [-0.2, -0.15) is 0 Å². The van der Waals surface area contributed by atoms with Gasteiger partial charge in [-0.1, -0.05) is 112 Å². The van der Waals surface area contributed by atoms with E-state index >= 15 is 0 Å². The van der Waals surface area contributed by atoms with Gasteiger partial charge in [0.05, 0.1) is 11.1 Å². The van der Waals surface area contributed by atoms with Crippen molar-refractivity contribution in [3.05, 3.63) is 140 Å². The van der Waals surface area contributed by atoms with Crippen molar-refractivity contribution in [2.45, 2.75) is 0 Å². The van der Waals surface area contributed by atoms with E-state index in [0.717, 1.165) is 0 Å². The van der Waals surface area contributed by atoms with Gasteiger partial charge < -0.3 is 4.57 Å². The van der Waals surface area contributed by atoms with E-state index < -0.39 is 15.1 Å². The molecule has 3 aromatic heterocycles. The smallest absolute Gasteiger partial charge is 0.0698 e. The highest BCUT2D eigenvalue weighted by Gasteiger charge is 2.20. The Morgan fingerprint density at radius 3 is 1.35 bits per heavy atom. The summed E-state index contributed by atoms with van der Waals surface area (Å²) in [6.07, 6.45) is 2.27. The third-order valence-electron chi connectivity index (χ3n) is 7.50. The van der Waals surface area contributed by atoms with Crippen molar-refractivity contribution in [1.82, 2.24) is 4.57 Å². The van der Waals surface area contributed by atoms with Gasteiger partial charge in [0.2, 0.25) is 0 Å². The Morgan fingerprint density at radius 1 is 0.378 bits per heavy atom. The van der Waals surface area contributed by atoms with E-state index in [4.69, 9.17) is 0 Å². The number of benzene rings is 5. The van der Waals surface area contributed by atoms with Gasteiger partial charge in [0, 0.05) is 32.0 Å². The maximum atomic E-state index is 2.48. The summed E-state index contributed by atoms with van der Waals surface area (Å²) in [6.45, 7) is 0. The second-order valence-corrected chi connectivity index (χ2v) is 13.7. The minimum Gasteiger partial charge on any atom is -0.312 e. The predicted octanol–water partition coefficient (Wildman–Crippen LogP) is 11.0. The lowest BCUT2D eigenvalue weighted by atomic mass is 10.2. The van der Waals surface area contributed by atoms with Crippen LogP contribution in [0.3, 0.4) is 0 Å². The van der Waals surface area contributed by atoms with Crippen LogP contribution in [-0.2, 0) is 0 Å². The standard InChI is InChI=1S/C34H23NP2/c1-6-17-29-24(12-1)25-13-2-7-18-30(25)36(29)33-21-10-5-16-28(33)35-23-11-22-34(35)37-31-19-8-3-14-26(31)27-15-4-9-20-32(27)37/h1-23H. The molecule has 37 heavy (non-hydrogen) atoms. The van der Waals surface area contributed by atoms with E-state index in [-0.39, 0.29) is 0 Å². The summed E-state index contributed by atoms with van der Waals surface area (Å²) in [5.41, 5.74) is 2.68. The van der Waals surface area contributed by atoms with Gasteiger partial charge in [0.15, 0.2) is 0 Å². The van der Waals surface area contributed by atoms with E-state index in [0.29, 0.717) is 0 Å². The third kappa shape index (κ3) is 3.06. The molecule has 0 saturated heterocycles. The lowest BCUT2D eigenvalue weighted by molar-refractivity contribution is 1.12. The fourth-order valence-electron chi connectivity index (χ4n) is 5.97. The van der Waals surface area contributed by atoms with Crippen molar-refractivity contribution in [2.75, 3.05) is 0 Å². The highest BCUT2D eigenvalue weighted by atomic mass is 31.1. The summed E-state index contributed by atoms with van der Waals surface area (Å²) in [4.78, 5) is 0. The van der Waals surface area contributed by atoms with Crippen LogP contribution in [0.4, 0.5) is 0 Å². The molecule has 0 N–H and O–H groups in total. The van der Waals surface area contributed by atoms with Crippen molar-refractivity contribution in [3.63, 3.8) is 0 Å². The van der Waals surface area contributed by atoms with Crippen LogP contribution >= 0.6 is 15.1 Å². The van der Waals surface area contributed by atoms with Gasteiger partial charge in [-0.3, -0.25) is 0 Å². The molecule has 0 unspecified atom stereocenters. The minimum atomic E-state index is -0.641. The molecular formula is C34H23NP2. The van der Waals surface area contributed by atoms with Crippen LogP contribution in [0, 0.1) is 0 Å². The first kappa shape index (κ1) is 21.1. The van der Waals surface area contributed by atoms with Crippen molar-refractivity contribution in [3.8, 4) is 16.4 Å². The van der Waals surface area contributed by atoms with Gasteiger partial charge in [0.25, 0.3) is 0 Å². The molecule has 0 amide bonds. The van der Waals surface area contributed by atoms with Gasteiger partial charge in [0.1, 0.15) is 0 Å². The van der Waals surface area contributed by atoms with Crippen LogP contribution in [0.25, 0.3) is 58.4 Å². The van der Waals surface area contributed by atoms with Crippen LogP contribution in [0.2, 0.25) is 0 Å². The first-order valence-electron chi connectivity index (χ1n) is 12.6. The van der Waals surface area contributed by atoms with Crippen LogP contribution in [0.15, 0.2) is 140 Å². The number of hydrogen-bond donors (Lipinski definition) is 0. The summed E-state index contributed by atoms with van der Waals surface area (Å²) >= 11 is 0. The maximum Gasteiger partial charge on any atom is 0.0698 e. The molecule has 0 atom stereocenters. The molecule has 0 aliphatic rings. The summed E-state index contributed by atoms with van der Waals surface area (Å²) in [5.74, 6) is 0. The summed E-state index contributed by atoms with van der Waals surface area (Å²) in [7, 11) is -1.28. The van der Waals surface area contributed by atoms with Crippen LogP contribution in [-0.4, -0.2) is 4.57 Å². The second-order valence-electron chi connectivity index (χ2n) is 9.46. The Labute approximate surface area is 217 Å². The van der Waals surface area contributed by atoms with Crippen LogP contribution in [0.1, 0.15) is 0 Å². The average Bonchev–Trinajstić information content (AvgIpc) is 3.65. The zero-order chi connectivity index (χ0) is 24.3. The Bertz CT molecular complexity index is 2000. The molecule has 1 nitrogen and oxygen atoms in total. The van der Waals surface area contributed by atoms with Crippen molar-refractivity contribution in [1.29, 1.82) is 0 Å². The molecule has 8 aromatic rings. The fourth-order valence-corrected chi connectivity index (χ4v) is 11.5. The Kier molecular flexibility index (Phi) is 4.71. The molecule has 0 aliphatic heterocycles. The topological polar surface area (TPSA) is 4.93 Å². The largest absolute Gasteiger partial charge is 0.312 e. The fraction of sp³-hybridized carbons (Fsp3) is 0. The highest BCUT2D eigenvalue weighted by molar-refractivity contribution is 7.68. The zero-order valence-electron chi connectivity index (χ0n) is 20.1. The molecule has 174 valence electrons. The number of para-hydroxylation sites is 1. The summed E-state index contributed by atoms with van der Waals surface area (Å²) in [5, 5.41) is 12.8. The predicted molar refractivity (Wildman–Crippen MR) is 164 cm³/mol. The summed E-state index contributed by atoms with van der Waals surface area (Å²) < 4.78 is 2.48. The normalized spacial score (nSPS) is 11.8. The van der Waals surface area contributed by atoms with Crippen LogP contribution in [0.5, 0.6) is 0 Å². The maximum absolute atomic E-state index is 2.48. The number of aromatic nitrogens is 1. The highest BCUT2D eigenvalue weighted by Crippen LogP contribution is 2.59. The molecule has 0 aliphatic carbocycles. The molecule has 0 spiro atoms. The molecule has 3 heterocycles. The SMILES string of the molecule is c1ccc(-p2c3ccccc3c3ccccc32)c(-n2cccc2-p2c3ccccc3c3ccccc32)c1. The van der Waals surface area contributed by atoms with E-state index in [9.17, 15) is 0 Å². The van der Waals surface area contributed by atoms with Gasteiger partial charge in [-0.15, -0.1) is 0 Å². The number of nitrogens with zero attached hydrogens (tertiary/aromatic N) is 1. The second kappa shape index (κ2) is 8.25. The zero-order valence-corrected chi connectivity index (χ0v) is 21.9. The van der Waals surface area contributed by atoms with Crippen molar-refractivity contribution in [2.24, 2.45) is 0 Å². The van der Waals surface area contributed by atoms with E-state index in [2.05, 4.69) is 144 Å². The lowest BCUT2D eigenvalue weighted by Gasteiger charge is -2.16. The molecule has 0 fully saturated rings. The number of fused-ring (bicyclic) bond motifs is 6. The summed E-state index contributed by atoms with van der Waals surface area (Å²) in [6, 6.07) is 49.5. The first-order valence-corrected chi connectivity index (χ1v) is 15.3. The molecular weight excluding hydrogens is 484 g/mol. The first-order chi connectivity index (χ1) is 18.4. The number of hydrogen-bond acceptors (Lipinski definition) is 0. The Hall–Kier alpha value is -4.02. The van der Waals surface area contributed by atoms with Gasteiger partial charge in [-0.05, 0) is 57.9 Å². The number of rotatable bonds is 3. The molecule has 0 radical (unpaired) electrons. The van der Waals surface area contributed by atoms with E-state index in [1.165, 1.54) is 58.4 Å². The van der Waals surface area contributed by atoms with Crippen molar-refractivity contribution < 1.29 is 0 Å². The monoisotopic (exact) mass is 507 g/mol. The van der Waals surface area contributed by atoms with E-state index in [1.54, 1.807) is 0 Å². The molecule has 8 rings (SSSR count).